The first-order valence-electron chi connectivity index (χ1n) is 8.11. The number of aromatic amines is 1. The van der Waals surface area contributed by atoms with Crippen molar-refractivity contribution in [1.29, 1.82) is 0 Å². The minimum atomic E-state index is -0.112. The van der Waals surface area contributed by atoms with Crippen molar-refractivity contribution in [2.24, 2.45) is 0 Å². The Kier molecular flexibility index (Phi) is 5.51. The Morgan fingerprint density at radius 3 is 3.04 bits per heavy atom. The molecule has 1 N–H and O–H groups in total. The van der Waals surface area contributed by atoms with Crippen molar-refractivity contribution in [3.05, 3.63) is 40.6 Å². The van der Waals surface area contributed by atoms with E-state index in [9.17, 15) is 4.79 Å². The van der Waals surface area contributed by atoms with Gasteiger partial charge in [-0.2, -0.15) is 0 Å². The van der Waals surface area contributed by atoms with Crippen LogP contribution in [0.15, 0.2) is 34.5 Å². The summed E-state index contributed by atoms with van der Waals surface area (Å²) in [7, 11) is 0. The van der Waals surface area contributed by atoms with Gasteiger partial charge in [0.1, 0.15) is 0 Å². The molecule has 0 bridgehead atoms. The van der Waals surface area contributed by atoms with E-state index < -0.39 is 0 Å². The minimum Gasteiger partial charge on any atom is -0.373 e. The molecule has 6 nitrogen and oxygen atoms in total. The number of unbranched alkanes of at least 4 members (excludes halogenated alkanes) is 1. The van der Waals surface area contributed by atoms with E-state index >= 15 is 0 Å². The molecule has 1 aliphatic rings. The number of thioether (sulfide) groups is 1. The largest absolute Gasteiger partial charge is 0.373 e. The number of H-pyrrole nitrogens is 1. The third-order valence-corrected chi connectivity index (χ3v) is 5.33. The van der Waals surface area contributed by atoms with Crippen LogP contribution in [0.4, 0.5) is 0 Å². The number of ether oxygens (including phenoxy) is 1. The lowest BCUT2D eigenvalue weighted by Gasteiger charge is -2.29. The molecule has 2 atom stereocenters. The molecule has 0 spiro atoms. The van der Waals surface area contributed by atoms with Gasteiger partial charge < -0.3 is 4.74 Å². The first kappa shape index (κ1) is 16.3. The quantitative estimate of drug-likeness (QED) is 0.879. The van der Waals surface area contributed by atoms with E-state index in [-0.39, 0.29) is 11.8 Å². The number of hydrogen-bond donors (Lipinski definition) is 1. The SMILES string of the molecule is CCCCn1c(SC2CCOC(c3ccncc3)C2)n[nH]c1=O. The zero-order chi connectivity index (χ0) is 16.1. The molecule has 2 aromatic heterocycles. The molecule has 0 saturated carbocycles. The molecule has 0 aromatic carbocycles. The van der Waals surface area contributed by atoms with Crippen molar-refractivity contribution >= 4 is 11.8 Å². The molecule has 1 aliphatic heterocycles. The number of hydrogen-bond acceptors (Lipinski definition) is 5. The van der Waals surface area contributed by atoms with Crippen LogP contribution in [0.5, 0.6) is 0 Å². The van der Waals surface area contributed by atoms with Gasteiger partial charge in [0, 0.05) is 30.8 Å². The van der Waals surface area contributed by atoms with Crippen LogP contribution in [-0.4, -0.2) is 31.6 Å². The molecular weight excluding hydrogens is 312 g/mol. The third kappa shape index (κ3) is 4.03. The van der Waals surface area contributed by atoms with Crippen LogP contribution in [0.1, 0.15) is 44.3 Å². The molecule has 0 amide bonds. The summed E-state index contributed by atoms with van der Waals surface area (Å²) in [5.41, 5.74) is 1.05. The highest BCUT2D eigenvalue weighted by Crippen LogP contribution is 2.36. The van der Waals surface area contributed by atoms with Crippen LogP contribution in [-0.2, 0) is 11.3 Å². The molecular formula is C16H22N4O2S. The monoisotopic (exact) mass is 334 g/mol. The molecule has 7 heteroatoms. The van der Waals surface area contributed by atoms with Gasteiger partial charge >= 0.3 is 5.69 Å². The Bertz CT molecular complexity index is 670. The smallest absolute Gasteiger partial charge is 0.343 e. The van der Waals surface area contributed by atoms with E-state index in [1.807, 2.05) is 12.1 Å². The van der Waals surface area contributed by atoms with Crippen molar-refractivity contribution in [3.8, 4) is 0 Å². The Morgan fingerprint density at radius 2 is 2.26 bits per heavy atom. The number of pyridine rings is 1. The maximum atomic E-state index is 11.9. The van der Waals surface area contributed by atoms with Crippen LogP contribution in [0.25, 0.3) is 0 Å². The van der Waals surface area contributed by atoms with E-state index in [1.54, 1.807) is 28.7 Å². The average molecular weight is 334 g/mol. The summed E-state index contributed by atoms with van der Waals surface area (Å²) < 4.78 is 7.65. The molecule has 2 unspecified atom stereocenters. The molecule has 3 heterocycles. The average Bonchev–Trinajstić information content (AvgIpc) is 2.94. The summed E-state index contributed by atoms with van der Waals surface area (Å²) >= 11 is 1.69. The highest BCUT2D eigenvalue weighted by molar-refractivity contribution is 7.99. The molecule has 23 heavy (non-hydrogen) atoms. The van der Waals surface area contributed by atoms with Gasteiger partial charge in [0.15, 0.2) is 5.16 Å². The Labute approximate surface area is 139 Å². The van der Waals surface area contributed by atoms with E-state index in [4.69, 9.17) is 4.74 Å². The molecule has 124 valence electrons. The van der Waals surface area contributed by atoms with Crippen LogP contribution < -0.4 is 5.69 Å². The molecule has 0 aliphatic carbocycles. The van der Waals surface area contributed by atoms with Gasteiger partial charge in [-0.15, -0.1) is 5.10 Å². The summed E-state index contributed by atoms with van der Waals surface area (Å²) in [5, 5.41) is 7.97. The van der Waals surface area contributed by atoms with E-state index in [0.717, 1.165) is 49.6 Å². The second-order valence-corrected chi connectivity index (χ2v) is 6.99. The number of rotatable bonds is 6. The fraction of sp³-hybridized carbons (Fsp3) is 0.562. The van der Waals surface area contributed by atoms with Gasteiger partial charge in [-0.25, -0.2) is 9.89 Å². The van der Waals surface area contributed by atoms with Gasteiger partial charge in [-0.1, -0.05) is 25.1 Å². The second kappa shape index (κ2) is 7.79. The van der Waals surface area contributed by atoms with Crippen LogP contribution in [0, 0.1) is 0 Å². The predicted molar refractivity (Wildman–Crippen MR) is 89.6 cm³/mol. The fourth-order valence-corrected chi connectivity index (χ4v) is 3.92. The molecule has 0 radical (unpaired) electrons. The molecule has 1 fully saturated rings. The van der Waals surface area contributed by atoms with Gasteiger partial charge in [0.25, 0.3) is 0 Å². The normalized spacial score (nSPS) is 21.4. The van der Waals surface area contributed by atoms with Crippen LogP contribution in [0.3, 0.4) is 0 Å². The molecule has 3 rings (SSSR count). The summed E-state index contributed by atoms with van der Waals surface area (Å²) in [6, 6.07) is 4.01. The lowest BCUT2D eigenvalue weighted by molar-refractivity contribution is 0.0177. The van der Waals surface area contributed by atoms with Gasteiger partial charge in [-0.05, 0) is 37.0 Å². The van der Waals surface area contributed by atoms with Crippen molar-refractivity contribution in [2.75, 3.05) is 6.61 Å². The summed E-state index contributed by atoms with van der Waals surface area (Å²) in [5.74, 6) is 0. The minimum absolute atomic E-state index is 0.0963. The van der Waals surface area contributed by atoms with Crippen LogP contribution >= 0.6 is 11.8 Å². The zero-order valence-electron chi connectivity index (χ0n) is 13.3. The maximum absolute atomic E-state index is 11.9. The lowest BCUT2D eigenvalue weighted by Crippen LogP contribution is -2.23. The Hall–Kier alpha value is -1.60. The standard InChI is InChI=1S/C16H22N4O2S/c1-2-3-9-20-15(21)18-19-16(20)23-13-6-10-22-14(11-13)12-4-7-17-8-5-12/h4-5,7-8,13-14H,2-3,6,9-11H2,1H3,(H,18,21). The first-order valence-corrected chi connectivity index (χ1v) is 8.99. The van der Waals surface area contributed by atoms with Crippen molar-refractivity contribution in [2.45, 2.75) is 55.7 Å². The van der Waals surface area contributed by atoms with Crippen molar-refractivity contribution in [3.63, 3.8) is 0 Å². The topological polar surface area (TPSA) is 72.8 Å². The molecule has 1 saturated heterocycles. The number of nitrogens with one attached hydrogen (secondary N) is 1. The highest BCUT2D eigenvalue weighted by atomic mass is 32.2. The zero-order valence-corrected chi connectivity index (χ0v) is 14.1. The molecule has 2 aromatic rings. The third-order valence-electron chi connectivity index (χ3n) is 4.04. The summed E-state index contributed by atoms with van der Waals surface area (Å²) in [6.45, 7) is 3.58. The first-order chi connectivity index (χ1) is 11.3. The Balaban J connectivity index is 1.67. The van der Waals surface area contributed by atoms with Crippen molar-refractivity contribution < 1.29 is 4.74 Å². The van der Waals surface area contributed by atoms with Gasteiger partial charge in [0.05, 0.1) is 6.10 Å². The highest BCUT2D eigenvalue weighted by Gasteiger charge is 2.26. The maximum Gasteiger partial charge on any atom is 0.343 e. The summed E-state index contributed by atoms with van der Waals surface area (Å²) in [4.78, 5) is 15.9. The second-order valence-electron chi connectivity index (χ2n) is 5.72. The lowest BCUT2D eigenvalue weighted by atomic mass is 10.0. The summed E-state index contributed by atoms with van der Waals surface area (Å²) in [6.07, 6.45) is 7.63. The van der Waals surface area contributed by atoms with E-state index in [1.165, 1.54) is 0 Å². The van der Waals surface area contributed by atoms with Crippen molar-refractivity contribution in [1.82, 2.24) is 19.7 Å². The van der Waals surface area contributed by atoms with Gasteiger partial charge in [-0.3, -0.25) is 9.55 Å². The van der Waals surface area contributed by atoms with E-state index in [2.05, 4.69) is 22.1 Å². The number of aromatic nitrogens is 4. The van der Waals surface area contributed by atoms with Gasteiger partial charge in [0.2, 0.25) is 0 Å². The predicted octanol–water partition coefficient (Wildman–Crippen LogP) is 2.78. The number of nitrogens with zero attached hydrogens (tertiary/aromatic N) is 3. The van der Waals surface area contributed by atoms with Crippen LogP contribution in [0.2, 0.25) is 0 Å². The fourth-order valence-electron chi connectivity index (χ4n) is 2.74. The Morgan fingerprint density at radius 1 is 1.43 bits per heavy atom. The van der Waals surface area contributed by atoms with E-state index in [0.29, 0.717) is 5.25 Å².